The fourth-order valence-electron chi connectivity index (χ4n) is 3.70. The summed E-state index contributed by atoms with van der Waals surface area (Å²) in [5, 5.41) is 5.89. The SMILES string of the molecule is COC(=O)c1ccc(C)c(NC(=O)CN(Cc2ccc(C(=O)NC3CC3)cc2)Cc2ccco2)c1. The second-order valence-corrected chi connectivity index (χ2v) is 8.74. The van der Waals surface area contributed by atoms with Crippen molar-refractivity contribution in [1.29, 1.82) is 0 Å². The molecule has 2 aromatic carbocycles. The van der Waals surface area contributed by atoms with E-state index in [0.29, 0.717) is 35.9 Å². The standard InChI is InChI=1S/C27H29N3O5/c1-18-5-8-21(27(33)34-2)14-24(18)29-25(31)17-30(16-23-4-3-13-35-23)15-19-6-9-20(10-7-19)26(32)28-22-11-12-22/h3-10,13-14,22H,11-12,15-17H2,1-2H3,(H,28,32)(H,29,31). The van der Waals surface area contributed by atoms with Crippen LogP contribution in [0.3, 0.4) is 0 Å². The molecule has 1 aliphatic carbocycles. The van der Waals surface area contributed by atoms with E-state index in [1.807, 2.05) is 36.1 Å². The third kappa shape index (κ3) is 6.80. The minimum atomic E-state index is -0.464. The van der Waals surface area contributed by atoms with Gasteiger partial charge in [-0.25, -0.2) is 4.79 Å². The van der Waals surface area contributed by atoms with Crippen molar-refractivity contribution in [2.45, 2.75) is 38.9 Å². The lowest BCUT2D eigenvalue weighted by molar-refractivity contribution is -0.117. The van der Waals surface area contributed by atoms with Gasteiger partial charge < -0.3 is 19.8 Å². The molecule has 35 heavy (non-hydrogen) atoms. The number of hydrogen-bond acceptors (Lipinski definition) is 6. The molecule has 3 aromatic rings. The topological polar surface area (TPSA) is 101 Å². The molecular weight excluding hydrogens is 446 g/mol. The van der Waals surface area contributed by atoms with E-state index in [1.54, 1.807) is 36.6 Å². The minimum Gasteiger partial charge on any atom is -0.468 e. The Morgan fingerprint density at radius 2 is 1.77 bits per heavy atom. The summed E-state index contributed by atoms with van der Waals surface area (Å²) in [5.41, 5.74) is 3.35. The molecule has 0 unspecified atom stereocenters. The normalized spacial score (nSPS) is 12.9. The maximum absolute atomic E-state index is 12.9. The Balaban J connectivity index is 1.43. The smallest absolute Gasteiger partial charge is 0.337 e. The second kappa shape index (κ2) is 11.0. The summed E-state index contributed by atoms with van der Waals surface area (Å²) >= 11 is 0. The van der Waals surface area contributed by atoms with Crippen LogP contribution in [0, 0.1) is 6.92 Å². The van der Waals surface area contributed by atoms with Crippen LogP contribution in [0.2, 0.25) is 0 Å². The number of amides is 2. The van der Waals surface area contributed by atoms with Gasteiger partial charge >= 0.3 is 5.97 Å². The van der Waals surface area contributed by atoms with Crippen molar-refractivity contribution in [3.05, 3.63) is 88.9 Å². The highest BCUT2D eigenvalue weighted by atomic mass is 16.5. The van der Waals surface area contributed by atoms with E-state index >= 15 is 0 Å². The molecule has 182 valence electrons. The fourth-order valence-corrected chi connectivity index (χ4v) is 3.70. The predicted octanol–water partition coefficient (Wildman–Crippen LogP) is 3.91. The Bertz CT molecular complexity index is 1180. The Morgan fingerprint density at radius 1 is 1.03 bits per heavy atom. The van der Waals surface area contributed by atoms with Crippen molar-refractivity contribution in [2.24, 2.45) is 0 Å². The molecule has 8 nitrogen and oxygen atoms in total. The molecule has 2 amide bonds. The lowest BCUT2D eigenvalue weighted by atomic mass is 10.1. The first-order valence-electron chi connectivity index (χ1n) is 11.5. The molecule has 2 N–H and O–H groups in total. The zero-order valence-electron chi connectivity index (χ0n) is 19.9. The minimum absolute atomic E-state index is 0.0598. The van der Waals surface area contributed by atoms with Gasteiger partial charge in [-0.3, -0.25) is 14.5 Å². The Kier molecular flexibility index (Phi) is 7.62. The number of carbonyl (C=O) groups excluding carboxylic acids is 3. The number of rotatable bonds is 10. The monoisotopic (exact) mass is 475 g/mol. The summed E-state index contributed by atoms with van der Waals surface area (Å²) in [7, 11) is 1.32. The lowest BCUT2D eigenvalue weighted by Crippen LogP contribution is -2.32. The average Bonchev–Trinajstić information content (AvgIpc) is 3.51. The van der Waals surface area contributed by atoms with Crippen molar-refractivity contribution >= 4 is 23.5 Å². The number of esters is 1. The van der Waals surface area contributed by atoms with E-state index in [9.17, 15) is 14.4 Å². The molecule has 0 spiro atoms. The number of anilines is 1. The molecule has 1 heterocycles. The first kappa shape index (κ1) is 24.2. The molecule has 0 atom stereocenters. The lowest BCUT2D eigenvalue weighted by Gasteiger charge is -2.21. The first-order chi connectivity index (χ1) is 16.9. The van der Waals surface area contributed by atoms with Crippen LogP contribution in [-0.2, 0) is 22.6 Å². The quantitative estimate of drug-likeness (QED) is 0.431. The van der Waals surface area contributed by atoms with Crippen LogP contribution in [0.4, 0.5) is 5.69 Å². The van der Waals surface area contributed by atoms with Gasteiger partial charge in [0.2, 0.25) is 5.91 Å². The molecule has 0 aliphatic heterocycles. The van der Waals surface area contributed by atoms with Gasteiger partial charge in [0.05, 0.1) is 32.0 Å². The Labute approximate surface area is 204 Å². The van der Waals surface area contributed by atoms with E-state index in [2.05, 4.69) is 10.6 Å². The van der Waals surface area contributed by atoms with Crippen molar-refractivity contribution in [3.8, 4) is 0 Å². The van der Waals surface area contributed by atoms with E-state index in [0.717, 1.165) is 29.7 Å². The van der Waals surface area contributed by atoms with Crippen molar-refractivity contribution in [2.75, 3.05) is 19.0 Å². The number of nitrogens with zero attached hydrogens (tertiary/aromatic N) is 1. The van der Waals surface area contributed by atoms with Crippen LogP contribution in [0.15, 0.2) is 65.3 Å². The molecular formula is C27H29N3O5. The van der Waals surface area contributed by atoms with Crippen LogP contribution in [-0.4, -0.2) is 42.4 Å². The van der Waals surface area contributed by atoms with Gasteiger partial charge in [-0.2, -0.15) is 0 Å². The van der Waals surface area contributed by atoms with Gasteiger partial charge in [-0.1, -0.05) is 18.2 Å². The molecule has 1 aliphatic rings. The summed E-state index contributed by atoms with van der Waals surface area (Å²) in [6.45, 7) is 2.88. The van der Waals surface area contributed by atoms with Crippen molar-refractivity contribution in [3.63, 3.8) is 0 Å². The van der Waals surface area contributed by atoms with Crippen LogP contribution in [0.5, 0.6) is 0 Å². The largest absolute Gasteiger partial charge is 0.468 e. The van der Waals surface area contributed by atoms with Crippen LogP contribution in [0.25, 0.3) is 0 Å². The fraction of sp³-hybridized carbons (Fsp3) is 0.296. The average molecular weight is 476 g/mol. The molecule has 0 bridgehead atoms. The highest BCUT2D eigenvalue weighted by Gasteiger charge is 2.23. The van der Waals surface area contributed by atoms with Crippen molar-refractivity contribution in [1.82, 2.24) is 10.2 Å². The molecule has 1 fully saturated rings. The number of aryl methyl sites for hydroxylation is 1. The van der Waals surface area contributed by atoms with Gasteiger partial charge in [0, 0.05) is 23.8 Å². The highest BCUT2D eigenvalue weighted by Crippen LogP contribution is 2.20. The third-order valence-electron chi connectivity index (χ3n) is 5.79. The van der Waals surface area contributed by atoms with Crippen LogP contribution in [0.1, 0.15) is 50.4 Å². The zero-order valence-corrected chi connectivity index (χ0v) is 19.9. The van der Waals surface area contributed by atoms with Crippen LogP contribution >= 0.6 is 0 Å². The van der Waals surface area contributed by atoms with Gasteiger partial charge in [-0.15, -0.1) is 0 Å². The summed E-state index contributed by atoms with van der Waals surface area (Å²) < 4.78 is 10.3. The first-order valence-corrected chi connectivity index (χ1v) is 11.5. The summed E-state index contributed by atoms with van der Waals surface area (Å²) in [5.74, 6) is -0.00571. The number of methoxy groups -OCH3 is 1. The molecule has 1 saturated carbocycles. The number of benzene rings is 2. The molecule has 1 aromatic heterocycles. The van der Waals surface area contributed by atoms with Gasteiger partial charge in [0.25, 0.3) is 5.91 Å². The second-order valence-electron chi connectivity index (χ2n) is 8.74. The van der Waals surface area contributed by atoms with Crippen LogP contribution < -0.4 is 10.6 Å². The van der Waals surface area contributed by atoms with E-state index in [-0.39, 0.29) is 18.4 Å². The van der Waals surface area contributed by atoms with Crippen molar-refractivity contribution < 1.29 is 23.5 Å². The van der Waals surface area contributed by atoms with Gasteiger partial charge in [-0.05, 0) is 67.3 Å². The van der Waals surface area contributed by atoms with Gasteiger partial charge in [0.1, 0.15) is 5.76 Å². The molecule has 0 radical (unpaired) electrons. The number of hydrogen-bond donors (Lipinski definition) is 2. The molecule has 0 saturated heterocycles. The molecule has 8 heteroatoms. The Morgan fingerprint density at radius 3 is 2.43 bits per heavy atom. The van der Waals surface area contributed by atoms with Gasteiger partial charge in [0.15, 0.2) is 0 Å². The van der Waals surface area contributed by atoms with E-state index in [4.69, 9.17) is 9.15 Å². The highest BCUT2D eigenvalue weighted by molar-refractivity contribution is 5.96. The number of carbonyl (C=O) groups is 3. The maximum atomic E-state index is 12.9. The molecule has 4 rings (SSSR count). The number of nitrogens with one attached hydrogen (secondary N) is 2. The zero-order chi connectivity index (χ0) is 24.8. The predicted molar refractivity (Wildman–Crippen MR) is 131 cm³/mol. The van der Waals surface area contributed by atoms with E-state index in [1.165, 1.54) is 7.11 Å². The van der Waals surface area contributed by atoms with E-state index < -0.39 is 5.97 Å². The summed E-state index contributed by atoms with van der Waals surface area (Å²) in [4.78, 5) is 39.0. The maximum Gasteiger partial charge on any atom is 0.337 e. The summed E-state index contributed by atoms with van der Waals surface area (Å²) in [6.07, 6.45) is 3.68. The Hall–Kier alpha value is -3.91. The third-order valence-corrected chi connectivity index (χ3v) is 5.79. The number of ether oxygens (including phenoxy) is 1. The summed E-state index contributed by atoms with van der Waals surface area (Å²) in [6, 6.07) is 16.4. The number of furan rings is 1.